The Morgan fingerprint density at radius 3 is 0.824 bits per heavy atom. The number of aliphatic hydroxyl groups is 2. The van der Waals surface area contributed by atoms with E-state index >= 15 is 0 Å². The molecule has 0 fully saturated rings. The van der Waals surface area contributed by atoms with Crippen LogP contribution in [0.4, 0.5) is 0 Å². The van der Waals surface area contributed by atoms with Gasteiger partial charge in [0.2, 0.25) is 5.91 Å². The molecule has 0 rings (SSSR count). The van der Waals surface area contributed by atoms with Crippen molar-refractivity contribution in [1.29, 1.82) is 0 Å². The second-order valence-electron chi connectivity index (χ2n) is 23.9. The summed E-state index contributed by atoms with van der Waals surface area (Å²) in [6, 6.07) is -0.537. The number of aliphatic hydroxyl groups excluding tert-OH is 2. The van der Waals surface area contributed by atoms with Crippen molar-refractivity contribution in [2.24, 2.45) is 0 Å². The van der Waals surface area contributed by atoms with Gasteiger partial charge in [-0.3, -0.25) is 9.59 Å². The highest BCUT2D eigenvalue weighted by Gasteiger charge is 2.20. The predicted octanol–water partition coefficient (Wildman–Crippen LogP) is 21.8. The minimum Gasteiger partial charge on any atom is -0.466 e. The van der Waals surface area contributed by atoms with Gasteiger partial charge in [-0.15, -0.1) is 0 Å². The standard InChI is InChI=1S/C68H135NO5/c1-3-5-7-9-11-13-15-16-17-31-34-37-41-44-48-52-56-60-66(71)65(64-70)69-67(72)61-57-53-49-45-42-38-35-32-29-27-25-23-21-19-18-20-22-24-26-28-30-33-36-39-43-47-51-55-59-63-74-68(73)62-58-54-50-46-40-14-12-10-8-6-4-2/h65-66,70-71H,3-64H2,1-2H3,(H,69,72). The van der Waals surface area contributed by atoms with E-state index in [1.54, 1.807) is 0 Å². The molecule has 1 amide bonds. The molecule has 0 aromatic carbocycles. The third-order valence-electron chi connectivity index (χ3n) is 16.4. The molecule has 0 aliphatic carbocycles. The molecule has 0 saturated heterocycles. The summed E-state index contributed by atoms with van der Waals surface area (Å²) in [5.74, 6) is -0.00689. The van der Waals surface area contributed by atoms with Crippen LogP contribution in [0.5, 0.6) is 0 Å². The lowest BCUT2D eigenvalue weighted by Gasteiger charge is -2.22. The summed E-state index contributed by atoms with van der Waals surface area (Å²) in [7, 11) is 0. The van der Waals surface area contributed by atoms with Crippen molar-refractivity contribution in [2.75, 3.05) is 13.2 Å². The van der Waals surface area contributed by atoms with E-state index in [0.717, 1.165) is 38.5 Å². The first kappa shape index (κ1) is 72.9. The lowest BCUT2D eigenvalue weighted by molar-refractivity contribution is -0.143. The molecule has 2 unspecified atom stereocenters. The van der Waals surface area contributed by atoms with Crippen LogP contribution in [-0.4, -0.2) is 47.4 Å². The van der Waals surface area contributed by atoms with Crippen molar-refractivity contribution in [3.05, 3.63) is 0 Å². The number of amides is 1. The van der Waals surface area contributed by atoms with E-state index < -0.39 is 12.1 Å². The van der Waals surface area contributed by atoms with Crippen LogP contribution in [0, 0.1) is 0 Å². The Morgan fingerprint density at radius 2 is 0.554 bits per heavy atom. The topological polar surface area (TPSA) is 95.9 Å². The molecule has 0 bridgehead atoms. The van der Waals surface area contributed by atoms with E-state index in [9.17, 15) is 19.8 Å². The van der Waals surface area contributed by atoms with Crippen LogP contribution >= 0.6 is 0 Å². The average molecular weight is 1050 g/mol. The summed E-state index contributed by atoms with van der Waals surface area (Å²) < 4.78 is 5.48. The molecule has 0 heterocycles. The molecule has 2 atom stereocenters. The maximum absolute atomic E-state index is 12.5. The Morgan fingerprint density at radius 1 is 0.324 bits per heavy atom. The zero-order chi connectivity index (χ0) is 53.6. The molecule has 0 aromatic rings. The molecule has 3 N–H and O–H groups in total. The Kier molecular flexibility index (Phi) is 63.4. The first-order valence-electron chi connectivity index (χ1n) is 34.3. The van der Waals surface area contributed by atoms with Gasteiger partial charge in [-0.05, 0) is 25.7 Å². The van der Waals surface area contributed by atoms with Crippen LogP contribution in [0.1, 0.15) is 399 Å². The van der Waals surface area contributed by atoms with Crippen molar-refractivity contribution in [3.8, 4) is 0 Å². The predicted molar refractivity (Wildman–Crippen MR) is 324 cm³/mol. The van der Waals surface area contributed by atoms with Gasteiger partial charge in [0.25, 0.3) is 0 Å². The third kappa shape index (κ3) is 60.1. The second kappa shape index (κ2) is 64.4. The number of carbonyl (C=O) groups excluding carboxylic acids is 2. The van der Waals surface area contributed by atoms with Crippen molar-refractivity contribution in [1.82, 2.24) is 5.32 Å². The molecule has 0 aromatic heterocycles. The third-order valence-corrected chi connectivity index (χ3v) is 16.4. The molecular formula is C68H135NO5. The molecule has 0 aliphatic heterocycles. The summed E-state index contributed by atoms with van der Waals surface area (Å²) in [6.07, 6.45) is 77.2. The number of esters is 1. The quantitative estimate of drug-likeness (QED) is 0.0417. The Balaban J connectivity index is 3.33. The highest BCUT2D eigenvalue weighted by atomic mass is 16.5. The van der Waals surface area contributed by atoms with Gasteiger partial charge in [0.05, 0.1) is 25.4 Å². The SMILES string of the molecule is CCCCCCCCCCCCCCCCCCCC(O)C(CO)NC(=O)CCCCCCCCCCCCCCCCCCCCCCCCCCCCCCCOC(=O)CCCCCCCCCCCCC. The normalized spacial score (nSPS) is 12.4. The number of carbonyl (C=O) groups is 2. The fraction of sp³-hybridized carbons (Fsp3) is 0.971. The summed E-state index contributed by atoms with van der Waals surface area (Å²) in [5, 5.41) is 23.4. The van der Waals surface area contributed by atoms with E-state index in [2.05, 4.69) is 19.2 Å². The van der Waals surface area contributed by atoms with Gasteiger partial charge in [0.1, 0.15) is 0 Å². The van der Waals surface area contributed by atoms with Crippen LogP contribution in [0.2, 0.25) is 0 Å². The van der Waals surface area contributed by atoms with Gasteiger partial charge >= 0.3 is 5.97 Å². The number of hydrogen-bond acceptors (Lipinski definition) is 5. The van der Waals surface area contributed by atoms with Crippen LogP contribution < -0.4 is 5.32 Å². The lowest BCUT2D eigenvalue weighted by atomic mass is 10.0. The first-order chi connectivity index (χ1) is 36.5. The number of hydrogen-bond donors (Lipinski definition) is 3. The van der Waals surface area contributed by atoms with Gasteiger partial charge in [-0.1, -0.05) is 361 Å². The van der Waals surface area contributed by atoms with Crippen LogP contribution in [-0.2, 0) is 14.3 Å². The zero-order valence-corrected chi connectivity index (χ0v) is 50.6. The number of ether oxygens (including phenoxy) is 1. The van der Waals surface area contributed by atoms with Crippen LogP contribution in [0.25, 0.3) is 0 Å². The molecule has 442 valence electrons. The van der Waals surface area contributed by atoms with E-state index in [4.69, 9.17) is 4.74 Å². The molecule has 6 heteroatoms. The molecular weight excluding hydrogens is 911 g/mol. The van der Waals surface area contributed by atoms with E-state index in [1.807, 2.05) is 0 Å². The maximum Gasteiger partial charge on any atom is 0.305 e. The van der Waals surface area contributed by atoms with Gasteiger partial charge in [0.15, 0.2) is 0 Å². The molecule has 6 nitrogen and oxygen atoms in total. The number of rotatable bonds is 65. The van der Waals surface area contributed by atoms with E-state index in [1.165, 1.54) is 327 Å². The summed E-state index contributed by atoms with van der Waals surface area (Å²) in [5.41, 5.74) is 0. The molecule has 0 saturated carbocycles. The summed E-state index contributed by atoms with van der Waals surface area (Å²) in [4.78, 5) is 24.5. The smallest absolute Gasteiger partial charge is 0.305 e. The fourth-order valence-corrected chi connectivity index (χ4v) is 11.2. The van der Waals surface area contributed by atoms with Crippen molar-refractivity contribution in [2.45, 2.75) is 411 Å². The average Bonchev–Trinajstić information content (AvgIpc) is 3.40. The number of nitrogens with one attached hydrogen (secondary N) is 1. The second-order valence-corrected chi connectivity index (χ2v) is 23.9. The van der Waals surface area contributed by atoms with E-state index in [0.29, 0.717) is 25.9 Å². The van der Waals surface area contributed by atoms with Crippen LogP contribution in [0.3, 0.4) is 0 Å². The summed E-state index contributed by atoms with van der Waals surface area (Å²) >= 11 is 0. The van der Waals surface area contributed by atoms with Crippen molar-refractivity contribution < 1.29 is 24.5 Å². The van der Waals surface area contributed by atoms with Gasteiger partial charge in [-0.2, -0.15) is 0 Å². The van der Waals surface area contributed by atoms with Crippen LogP contribution in [0.15, 0.2) is 0 Å². The molecule has 0 aliphatic rings. The first-order valence-corrected chi connectivity index (χ1v) is 34.3. The molecule has 0 spiro atoms. The molecule has 0 radical (unpaired) electrons. The zero-order valence-electron chi connectivity index (χ0n) is 50.6. The monoisotopic (exact) mass is 1050 g/mol. The maximum atomic E-state index is 12.5. The Bertz CT molecular complexity index is 1070. The van der Waals surface area contributed by atoms with Gasteiger partial charge < -0.3 is 20.3 Å². The Hall–Kier alpha value is -1.14. The molecule has 74 heavy (non-hydrogen) atoms. The van der Waals surface area contributed by atoms with Gasteiger partial charge in [-0.25, -0.2) is 0 Å². The largest absolute Gasteiger partial charge is 0.466 e. The Labute approximate surface area is 464 Å². The summed E-state index contributed by atoms with van der Waals surface area (Å²) in [6.45, 7) is 4.99. The minimum absolute atomic E-state index is 0.0202. The minimum atomic E-state index is -0.661. The van der Waals surface area contributed by atoms with Gasteiger partial charge in [0, 0.05) is 12.8 Å². The lowest BCUT2D eigenvalue weighted by Crippen LogP contribution is -2.45. The number of unbranched alkanes of at least 4 members (excludes halogenated alkanes) is 54. The van der Waals surface area contributed by atoms with Crippen molar-refractivity contribution >= 4 is 11.9 Å². The fourth-order valence-electron chi connectivity index (χ4n) is 11.2. The van der Waals surface area contributed by atoms with Crippen molar-refractivity contribution in [3.63, 3.8) is 0 Å². The van der Waals surface area contributed by atoms with E-state index in [-0.39, 0.29) is 18.5 Å². The highest BCUT2D eigenvalue weighted by molar-refractivity contribution is 5.76. The highest BCUT2D eigenvalue weighted by Crippen LogP contribution is 2.19.